The van der Waals surface area contributed by atoms with E-state index in [2.05, 4.69) is 10.2 Å². The van der Waals surface area contributed by atoms with Gasteiger partial charge in [0.15, 0.2) is 11.1 Å². The van der Waals surface area contributed by atoms with Gasteiger partial charge in [-0.1, -0.05) is 60.7 Å². The Bertz CT molecular complexity index is 1220. The molecular formula is C24H26N6O8. The maximum absolute atomic E-state index is 12.1. The summed E-state index contributed by atoms with van der Waals surface area (Å²) in [5.41, 5.74) is -1.98. The molecule has 4 rings (SSSR count). The van der Waals surface area contributed by atoms with Crippen molar-refractivity contribution in [3.05, 3.63) is 71.8 Å². The van der Waals surface area contributed by atoms with Gasteiger partial charge in [0.25, 0.3) is 11.8 Å². The lowest BCUT2D eigenvalue weighted by molar-refractivity contribution is -0.156. The lowest BCUT2D eigenvalue weighted by Crippen LogP contribution is -2.57. The van der Waals surface area contributed by atoms with E-state index >= 15 is 0 Å². The maximum Gasteiger partial charge on any atom is 0.432 e. The summed E-state index contributed by atoms with van der Waals surface area (Å²) in [6.45, 7) is 2.64. The van der Waals surface area contributed by atoms with Crippen LogP contribution in [0, 0.1) is 0 Å². The summed E-state index contributed by atoms with van der Waals surface area (Å²) in [7, 11) is 2.82. The van der Waals surface area contributed by atoms with Crippen LogP contribution in [0.2, 0.25) is 0 Å². The minimum Gasteiger partial charge on any atom is -0.463 e. The summed E-state index contributed by atoms with van der Waals surface area (Å²) in [5.74, 6) is -1.23. The van der Waals surface area contributed by atoms with E-state index in [1.807, 2.05) is 0 Å². The van der Waals surface area contributed by atoms with Crippen LogP contribution in [0.3, 0.4) is 0 Å². The van der Waals surface area contributed by atoms with Crippen molar-refractivity contribution in [3.8, 4) is 0 Å². The molecule has 2 aliphatic heterocycles. The number of rotatable bonds is 4. The number of carbonyl (C=O) groups is 4. The number of hydrogen-bond acceptors (Lipinski definition) is 8. The number of amides is 4. The Morgan fingerprint density at radius 3 is 1.24 bits per heavy atom. The Balaban J connectivity index is 0.000000211. The van der Waals surface area contributed by atoms with Crippen LogP contribution in [0.25, 0.3) is 0 Å². The van der Waals surface area contributed by atoms with Gasteiger partial charge in [-0.15, -0.1) is 0 Å². The second-order valence-electron chi connectivity index (χ2n) is 8.62. The molecule has 0 aromatic heterocycles. The quantitative estimate of drug-likeness (QED) is 0.344. The first kappa shape index (κ1) is 27.8. The number of nitrogens with zero attached hydrogens (tertiary/aromatic N) is 6. The number of carbonyl (C=O) groups excluding carboxylic acids is 2. The van der Waals surface area contributed by atoms with E-state index < -0.39 is 35.1 Å². The zero-order chi connectivity index (χ0) is 28.4. The molecule has 0 fully saturated rings. The molecule has 2 heterocycles. The van der Waals surface area contributed by atoms with Crippen LogP contribution in [-0.2, 0) is 9.59 Å². The highest BCUT2D eigenvalue weighted by Gasteiger charge is 2.54. The van der Waals surface area contributed by atoms with Crippen LogP contribution in [0.15, 0.2) is 70.9 Å². The molecule has 0 spiro atoms. The van der Waals surface area contributed by atoms with Gasteiger partial charge in [0, 0.05) is 25.2 Å². The second kappa shape index (κ2) is 10.3. The fourth-order valence-electron chi connectivity index (χ4n) is 4.05. The Morgan fingerprint density at radius 2 is 0.974 bits per heavy atom. The van der Waals surface area contributed by atoms with Gasteiger partial charge in [-0.25, -0.2) is 19.6 Å². The number of hydrazone groups is 2. The van der Waals surface area contributed by atoms with Crippen LogP contribution < -0.4 is 0 Å². The minimum absolute atomic E-state index is 0.00926. The summed E-state index contributed by atoms with van der Waals surface area (Å²) < 4.78 is 0. The standard InChI is InChI=1S/2C12H13N3O4/c2*1-12(15(19)11(17)18)9(13-14(2)10(12)16)8-6-4-3-5-7-8/h2*3-7,19H,1-2H3,(H,17,18). The third-order valence-electron chi connectivity index (χ3n) is 6.15. The number of likely N-dealkylation sites (N-methyl/N-ethyl adjacent to an activating group) is 2. The Kier molecular flexibility index (Phi) is 7.51. The van der Waals surface area contributed by atoms with Crippen molar-refractivity contribution in [2.24, 2.45) is 10.2 Å². The molecule has 200 valence electrons. The maximum atomic E-state index is 12.1. The molecule has 14 heteroatoms. The van der Waals surface area contributed by atoms with E-state index in [1.165, 1.54) is 27.9 Å². The predicted molar refractivity (Wildman–Crippen MR) is 132 cm³/mol. The van der Waals surface area contributed by atoms with E-state index in [1.54, 1.807) is 60.7 Å². The van der Waals surface area contributed by atoms with Gasteiger partial charge in [-0.2, -0.15) is 20.3 Å². The number of benzene rings is 2. The number of carboxylic acid groups (broad SMARTS) is 2. The monoisotopic (exact) mass is 526 g/mol. The third kappa shape index (κ3) is 4.53. The summed E-state index contributed by atoms with van der Waals surface area (Å²) in [6.07, 6.45) is -3.23. The van der Waals surface area contributed by atoms with E-state index in [4.69, 9.17) is 10.2 Å². The topological polar surface area (TPSA) is 187 Å². The van der Waals surface area contributed by atoms with Crippen molar-refractivity contribution in [1.29, 1.82) is 0 Å². The van der Waals surface area contributed by atoms with Gasteiger partial charge in [-0.3, -0.25) is 20.0 Å². The highest BCUT2D eigenvalue weighted by atomic mass is 16.6. The van der Waals surface area contributed by atoms with E-state index in [-0.39, 0.29) is 21.5 Å². The van der Waals surface area contributed by atoms with E-state index in [9.17, 15) is 29.6 Å². The van der Waals surface area contributed by atoms with Crippen molar-refractivity contribution in [2.45, 2.75) is 24.9 Å². The molecule has 4 amide bonds. The minimum atomic E-state index is -1.75. The molecule has 14 nitrogen and oxygen atoms in total. The third-order valence-corrected chi connectivity index (χ3v) is 6.15. The molecule has 2 atom stereocenters. The van der Waals surface area contributed by atoms with Gasteiger partial charge in [0.1, 0.15) is 11.4 Å². The highest BCUT2D eigenvalue weighted by molar-refractivity contribution is 6.24. The van der Waals surface area contributed by atoms with E-state index in [0.717, 1.165) is 10.0 Å². The molecule has 4 N–H and O–H groups in total. The van der Waals surface area contributed by atoms with Gasteiger partial charge in [0.2, 0.25) is 0 Å². The first-order chi connectivity index (χ1) is 17.8. The summed E-state index contributed by atoms with van der Waals surface area (Å²) in [4.78, 5) is 46.1. The lowest BCUT2D eigenvalue weighted by Gasteiger charge is -2.29. The molecule has 0 bridgehead atoms. The average molecular weight is 527 g/mol. The molecule has 38 heavy (non-hydrogen) atoms. The van der Waals surface area contributed by atoms with Crippen LogP contribution in [0.1, 0.15) is 25.0 Å². The van der Waals surface area contributed by atoms with Gasteiger partial charge in [0.05, 0.1) is 0 Å². The lowest BCUT2D eigenvalue weighted by atomic mass is 9.90. The highest BCUT2D eigenvalue weighted by Crippen LogP contribution is 2.30. The van der Waals surface area contributed by atoms with Crippen molar-refractivity contribution in [2.75, 3.05) is 14.1 Å². The second-order valence-corrected chi connectivity index (χ2v) is 8.62. The Morgan fingerprint density at radius 1 is 0.684 bits per heavy atom. The van der Waals surface area contributed by atoms with Crippen molar-refractivity contribution in [3.63, 3.8) is 0 Å². The van der Waals surface area contributed by atoms with Crippen molar-refractivity contribution in [1.82, 2.24) is 20.1 Å². The molecule has 2 aromatic rings. The van der Waals surface area contributed by atoms with Crippen LogP contribution in [-0.4, -0.2) is 101 Å². The average Bonchev–Trinajstić information content (AvgIpc) is 3.29. The molecule has 0 saturated heterocycles. The molecular weight excluding hydrogens is 500 g/mol. The summed E-state index contributed by atoms with van der Waals surface area (Å²) >= 11 is 0. The van der Waals surface area contributed by atoms with Gasteiger partial charge in [-0.05, 0) is 13.8 Å². The summed E-state index contributed by atoms with van der Waals surface area (Å²) in [5, 5.41) is 47.4. The molecule has 0 radical (unpaired) electrons. The van der Waals surface area contributed by atoms with Gasteiger partial charge < -0.3 is 10.2 Å². The van der Waals surface area contributed by atoms with Crippen LogP contribution in [0.5, 0.6) is 0 Å². The number of hydroxylamine groups is 4. The van der Waals surface area contributed by atoms with Crippen LogP contribution in [0.4, 0.5) is 9.59 Å². The first-order valence-corrected chi connectivity index (χ1v) is 11.1. The SMILES string of the molecule is CN1N=C(c2ccccc2)C(C)(N(O)C(=O)O)C1=O.CN1N=C(c2ccccc2)C(C)(N(O)C(=O)O)C1=O. The predicted octanol–water partition coefficient (Wildman–Crippen LogP) is 1.98. The first-order valence-electron chi connectivity index (χ1n) is 11.1. The molecule has 2 aliphatic rings. The van der Waals surface area contributed by atoms with Gasteiger partial charge >= 0.3 is 12.2 Å². The Labute approximate surface area is 216 Å². The fourth-order valence-corrected chi connectivity index (χ4v) is 4.05. The zero-order valence-electron chi connectivity index (χ0n) is 20.9. The summed E-state index contributed by atoms with van der Waals surface area (Å²) in [6, 6.07) is 17.3. The molecule has 2 unspecified atom stereocenters. The Hall–Kier alpha value is -4.82. The normalized spacial score (nSPS) is 22.4. The zero-order valence-corrected chi connectivity index (χ0v) is 20.9. The largest absolute Gasteiger partial charge is 0.463 e. The van der Waals surface area contributed by atoms with Crippen LogP contribution >= 0.6 is 0 Å². The molecule has 0 saturated carbocycles. The van der Waals surface area contributed by atoms with E-state index in [0.29, 0.717) is 11.1 Å². The smallest absolute Gasteiger partial charge is 0.432 e. The molecule has 0 aliphatic carbocycles. The molecule has 2 aromatic carbocycles. The van der Waals surface area contributed by atoms with Crippen molar-refractivity contribution >= 4 is 35.4 Å². The van der Waals surface area contributed by atoms with Crippen molar-refractivity contribution < 1.29 is 39.8 Å². The number of hydrogen-bond donors (Lipinski definition) is 4. The fraction of sp³-hybridized carbons (Fsp3) is 0.250.